The third-order valence-electron chi connectivity index (χ3n) is 18.5. The molecule has 0 fully saturated rings. The van der Waals surface area contributed by atoms with Crippen molar-refractivity contribution in [2.24, 2.45) is 5.92 Å². The fraction of sp³-hybridized carbons (Fsp3) is 0.949. The number of phosphoric ester groups is 2. The first kappa shape index (κ1) is 96.1. The van der Waals surface area contributed by atoms with Gasteiger partial charge in [0.2, 0.25) is 0 Å². The Balaban J connectivity index is 5.23. The summed E-state index contributed by atoms with van der Waals surface area (Å²) >= 11 is 0. The lowest BCUT2D eigenvalue weighted by Crippen LogP contribution is -2.30. The highest BCUT2D eigenvalue weighted by atomic mass is 31.2. The van der Waals surface area contributed by atoms with E-state index in [0.29, 0.717) is 31.6 Å². The standard InChI is InChI=1S/C79H154O17P2/c1-6-9-12-15-18-21-24-27-30-31-32-33-35-38-41-44-49-55-60-65-78(83)95-74(68-89-76(81)62-57-52-47-42-39-37-34-28-25-22-19-16-13-10-7-2)70-93-97(85,86)91-66-73(80)67-92-98(87,88)94-71-75(69-90-77(82)63-58-53-50-45-46-51-56-61-72(4)5)96-79(84)64-59-54-48-43-40-36-29-26-23-20-17-14-11-8-3/h72-75,80H,6-71H2,1-5H3,(H,85,86)(H,87,88)/t73-,74-,75-/m1/s1. The molecule has 0 aliphatic carbocycles. The van der Waals surface area contributed by atoms with Crippen LogP contribution in [0.15, 0.2) is 0 Å². The highest BCUT2D eigenvalue weighted by Gasteiger charge is 2.30. The van der Waals surface area contributed by atoms with Crippen LogP contribution in [0.2, 0.25) is 0 Å². The Morgan fingerprint density at radius 3 is 0.694 bits per heavy atom. The molecule has 582 valence electrons. The Hall–Kier alpha value is -1.94. The Labute approximate surface area is 600 Å². The van der Waals surface area contributed by atoms with Gasteiger partial charge in [-0.1, -0.05) is 369 Å². The minimum atomic E-state index is -4.96. The van der Waals surface area contributed by atoms with Crippen molar-refractivity contribution in [3.63, 3.8) is 0 Å². The van der Waals surface area contributed by atoms with Crippen LogP contribution < -0.4 is 0 Å². The first-order valence-corrected chi connectivity index (χ1v) is 44.1. The predicted octanol–water partition coefficient (Wildman–Crippen LogP) is 23.6. The largest absolute Gasteiger partial charge is 0.472 e. The van der Waals surface area contributed by atoms with Gasteiger partial charge < -0.3 is 33.8 Å². The van der Waals surface area contributed by atoms with Crippen molar-refractivity contribution < 1.29 is 80.2 Å². The molecule has 0 amide bonds. The zero-order valence-corrected chi connectivity index (χ0v) is 65.7. The van der Waals surface area contributed by atoms with Gasteiger partial charge in [-0.2, -0.15) is 0 Å². The van der Waals surface area contributed by atoms with E-state index in [1.807, 2.05) is 0 Å². The van der Waals surface area contributed by atoms with Crippen LogP contribution >= 0.6 is 15.6 Å². The maximum absolute atomic E-state index is 13.1. The van der Waals surface area contributed by atoms with Crippen LogP contribution in [0.4, 0.5) is 0 Å². The molecule has 0 aliphatic rings. The summed E-state index contributed by atoms with van der Waals surface area (Å²) in [6.45, 7) is 7.27. The van der Waals surface area contributed by atoms with Crippen molar-refractivity contribution in [1.29, 1.82) is 0 Å². The van der Waals surface area contributed by atoms with Crippen molar-refractivity contribution in [3.05, 3.63) is 0 Å². The molecule has 0 spiro atoms. The van der Waals surface area contributed by atoms with Crippen molar-refractivity contribution >= 4 is 39.5 Å². The summed E-state index contributed by atoms with van der Waals surface area (Å²) in [5, 5.41) is 10.6. The number of unbranched alkanes of at least 4 members (excludes halogenated alkanes) is 51. The molecule has 0 aromatic carbocycles. The lowest BCUT2D eigenvalue weighted by Gasteiger charge is -2.21. The summed E-state index contributed by atoms with van der Waals surface area (Å²) < 4.78 is 68.6. The van der Waals surface area contributed by atoms with Crippen LogP contribution in [0.1, 0.15) is 420 Å². The maximum Gasteiger partial charge on any atom is 0.472 e. The van der Waals surface area contributed by atoms with E-state index in [1.54, 1.807) is 0 Å². The number of hydrogen-bond acceptors (Lipinski definition) is 15. The van der Waals surface area contributed by atoms with Gasteiger partial charge in [0.05, 0.1) is 26.4 Å². The zero-order chi connectivity index (χ0) is 71.9. The SMILES string of the molecule is CCCCCCCCCCCCCCCCCCCCCC(=O)O[C@H](COC(=O)CCCCCCCCCCCCCCCCC)COP(=O)(O)OC[C@@H](O)COP(=O)(O)OC[C@@H](COC(=O)CCCCCCCCCC(C)C)OC(=O)CCCCCCCCCCCCCCCC. The number of hydrogen-bond donors (Lipinski definition) is 3. The molecular weight excluding hydrogens is 1280 g/mol. The lowest BCUT2D eigenvalue weighted by molar-refractivity contribution is -0.161. The Bertz CT molecular complexity index is 1870. The van der Waals surface area contributed by atoms with Crippen molar-refractivity contribution in [1.82, 2.24) is 0 Å². The van der Waals surface area contributed by atoms with Gasteiger partial charge >= 0.3 is 39.5 Å². The first-order chi connectivity index (χ1) is 47.5. The molecule has 0 heterocycles. The van der Waals surface area contributed by atoms with Gasteiger partial charge in [-0.05, 0) is 31.6 Å². The molecule has 0 aliphatic heterocycles. The van der Waals surface area contributed by atoms with Crippen LogP contribution in [0.5, 0.6) is 0 Å². The third-order valence-corrected chi connectivity index (χ3v) is 20.4. The summed E-state index contributed by atoms with van der Waals surface area (Å²) in [6, 6.07) is 0. The topological polar surface area (TPSA) is 237 Å². The number of ether oxygens (including phenoxy) is 4. The molecule has 3 N–H and O–H groups in total. The molecule has 17 nitrogen and oxygen atoms in total. The van der Waals surface area contributed by atoms with E-state index in [0.717, 1.165) is 96.3 Å². The van der Waals surface area contributed by atoms with Gasteiger partial charge in [0.15, 0.2) is 12.2 Å². The monoisotopic (exact) mass is 1440 g/mol. The van der Waals surface area contributed by atoms with Gasteiger partial charge in [0.25, 0.3) is 0 Å². The number of aliphatic hydroxyl groups excluding tert-OH is 1. The summed E-state index contributed by atoms with van der Waals surface area (Å²) in [7, 11) is -9.91. The van der Waals surface area contributed by atoms with E-state index in [1.165, 1.54) is 238 Å². The highest BCUT2D eigenvalue weighted by Crippen LogP contribution is 2.45. The molecular formula is C79H154O17P2. The minimum absolute atomic E-state index is 0.108. The molecule has 0 radical (unpaired) electrons. The second-order valence-corrected chi connectivity index (χ2v) is 31.8. The number of rotatable bonds is 79. The van der Waals surface area contributed by atoms with E-state index < -0.39 is 97.5 Å². The van der Waals surface area contributed by atoms with Crippen LogP contribution in [-0.4, -0.2) is 96.7 Å². The Morgan fingerprint density at radius 1 is 0.276 bits per heavy atom. The zero-order valence-electron chi connectivity index (χ0n) is 63.9. The van der Waals surface area contributed by atoms with Gasteiger partial charge in [0, 0.05) is 25.7 Å². The quantitative estimate of drug-likeness (QED) is 0.0222. The average molecular weight is 1440 g/mol. The van der Waals surface area contributed by atoms with Crippen LogP contribution in [0.3, 0.4) is 0 Å². The number of phosphoric acid groups is 2. The number of esters is 4. The molecule has 0 aromatic rings. The molecule has 5 atom stereocenters. The van der Waals surface area contributed by atoms with Crippen LogP contribution in [0, 0.1) is 5.92 Å². The van der Waals surface area contributed by atoms with Gasteiger partial charge in [-0.25, -0.2) is 9.13 Å². The van der Waals surface area contributed by atoms with Crippen molar-refractivity contribution in [2.45, 2.75) is 438 Å². The summed E-state index contributed by atoms with van der Waals surface area (Å²) in [4.78, 5) is 72.9. The van der Waals surface area contributed by atoms with Gasteiger partial charge in [-0.3, -0.25) is 37.3 Å². The van der Waals surface area contributed by atoms with E-state index in [4.69, 9.17) is 37.0 Å². The maximum atomic E-state index is 13.1. The van der Waals surface area contributed by atoms with Crippen molar-refractivity contribution in [3.8, 4) is 0 Å². The van der Waals surface area contributed by atoms with Gasteiger partial charge in [0.1, 0.15) is 19.3 Å². The molecule has 19 heteroatoms. The van der Waals surface area contributed by atoms with E-state index in [-0.39, 0.29) is 25.7 Å². The third kappa shape index (κ3) is 72.4. The second kappa shape index (κ2) is 72.0. The van der Waals surface area contributed by atoms with Crippen LogP contribution in [0.25, 0.3) is 0 Å². The minimum Gasteiger partial charge on any atom is -0.462 e. The Morgan fingerprint density at radius 2 is 0.469 bits per heavy atom. The molecule has 98 heavy (non-hydrogen) atoms. The summed E-state index contributed by atoms with van der Waals surface area (Å²) in [6.07, 6.45) is 62.5. The van der Waals surface area contributed by atoms with E-state index >= 15 is 0 Å². The molecule has 0 aromatic heterocycles. The molecule has 0 rings (SSSR count). The smallest absolute Gasteiger partial charge is 0.462 e. The molecule has 0 bridgehead atoms. The Kier molecular flexibility index (Phi) is 70.6. The average Bonchev–Trinajstić information content (AvgIpc) is 1.46. The normalized spacial score (nSPS) is 13.9. The highest BCUT2D eigenvalue weighted by molar-refractivity contribution is 7.47. The fourth-order valence-corrected chi connectivity index (χ4v) is 13.8. The summed E-state index contributed by atoms with van der Waals surface area (Å²) in [5.74, 6) is -1.40. The first-order valence-electron chi connectivity index (χ1n) is 41.1. The van der Waals surface area contributed by atoms with Gasteiger partial charge in [-0.15, -0.1) is 0 Å². The summed E-state index contributed by atoms with van der Waals surface area (Å²) in [5.41, 5.74) is 0. The number of carbonyl (C=O) groups excluding carboxylic acids is 4. The fourth-order valence-electron chi connectivity index (χ4n) is 12.2. The molecule has 0 saturated carbocycles. The lowest BCUT2D eigenvalue weighted by atomic mass is 10.0. The van der Waals surface area contributed by atoms with Crippen molar-refractivity contribution in [2.75, 3.05) is 39.6 Å². The number of aliphatic hydroxyl groups is 1. The van der Waals surface area contributed by atoms with Crippen LogP contribution in [-0.2, 0) is 65.4 Å². The molecule has 2 unspecified atom stereocenters. The van der Waals surface area contributed by atoms with E-state index in [2.05, 4.69) is 34.6 Å². The number of carbonyl (C=O) groups is 4. The predicted molar refractivity (Wildman–Crippen MR) is 400 cm³/mol. The molecule has 0 saturated heterocycles. The van der Waals surface area contributed by atoms with E-state index in [9.17, 15) is 43.2 Å². The second-order valence-electron chi connectivity index (χ2n) is 28.9.